The Hall–Kier alpha value is -3.78. The molecule has 2 N–H and O–H groups in total. The number of ketones is 1. The summed E-state index contributed by atoms with van der Waals surface area (Å²) in [4.78, 5) is 38.8. The highest BCUT2D eigenvalue weighted by molar-refractivity contribution is 6.22. The average Bonchev–Trinajstić information content (AvgIpc) is 3.60. The maximum Gasteiger partial charge on any atom is 0.254 e. The number of halogens is 1. The lowest BCUT2D eigenvalue weighted by molar-refractivity contribution is -0.113. The summed E-state index contributed by atoms with van der Waals surface area (Å²) < 4.78 is 13.8. The van der Waals surface area contributed by atoms with Crippen LogP contribution in [0.3, 0.4) is 0 Å². The van der Waals surface area contributed by atoms with Crippen molar-refractivity contribution < 1.29 is 14.0 Å². The molecule has 2 atom stereocenters. The molecule has 1 saturated heterocycles. The first kappa shape index (κ1) is 26.4. The molecular weight excluding hydrogens is 505 g/mol. The van der Waals surface area contributed by atoms with Gasteiger partial charge in [0.05, 0.1) is 16.6 Å². The Morgan fingerprint density at radius 3 is 2.85 bits per heavy atom. The van der Waals surface area contributed by atoms with Gasteiger partial charge in [-0.25, -0.2) is 9.37 Å². The molecule has 0 radical (unpaired) electrons. The number of carbonyl (C=O) groups excluding carboxylic acids is 2. The molecule has 6 rings (SSSR count). The van der Waals surface area contributed by atoms with Crippen molar-refractivity contribution >= 4 is 28.3 Å². The molecule has 2 aromatic carbocycles. The second-order valence-electron chi connectivity index (χ2n) is 11.5. The van der Waals surface area contributed by atoms with Crippen molar-refractivity contribution in [3.63, 3.8) is 0 Å². The first-order valence-corrected chi connectivity index (χ1v) is 14.3. The molecule has 1 aromatic heterocycles. The molecule has 2 aliphatic heterocycles. The number of amides is 1. The van der Waals surface area contributed by atoms with Gasteiger partial charge >= 0.3 is 0 Å². The summed E-state index contributed by atoms with van der Waals surface area (Å²) in [7, 11) is 0. The van der Waals surface area contributed by atoms with Crippen molar-refractivity contribution in [3.8, 4) is 0 Å². The predicted octanol–water partition coefficient (Wildman–Crippen LogP) is 4.91. The highest BCUT2D eigenvalue weighted by atomic mass is 19.1. The van der Waals surface area contributed by atoms with Crippen LogP contribution in [0.25, 0.3) is 16.6 Å². The average molecular weight is 542 g/mol. The number of Topliss-reactive ketones (excluding diaryl/α,β-unsaturated/α-hetero) is 1. The fourth-order valence-electron chi connectivity index (χ4n) is 6.26. The summed E-state index contributed by atoms with van der Waals surface area (Å²) in [5.41, 5.74) is 6.34. The molecule has 0 bridgehead atoms. The minimum absolute atomic E-state index is 0.0240. The number of aromatic amines is 1. The van der Waals surface area contributed by atoms with Crippen LogP contribution in [0.1, 0.15) is 66.0 Å². The summed E-state index contributed by atoms with van der Waals surface area (Å²) in [6, 6.07) is 9.23. The second kappa shape index (κ2) is 10.7. The molecule has 3 aliphatic rings. The van der Waals surface area contributed by atoms with E-state index in [1.807, 2.05) is 43.0 Å². The number of likely N-dealkylation sites (tertiary alicyclic amines) is 1. The van der Waals surface area contributed by atoms with Crippen molar-refractivity contribution in [1.29, 1.82) is 0 Å². The summed E-state index contributed by atoms with van der Waals surface area (Å²) in [6.07, 6.45) is 7.14. The van der Waals surface area contributed by atoms with E-state index in [-0.39, 0.29) is 23.5 Å². The van der Waals surface area contributed by atoms with Gasteiger partial charge < -0.3 is 15.2 Å². The zero-order chi connectivity index (χ0) is 28.0. The monoisotopic (exact) mass is 541 g/mol. The zero-order valence-electron chi connectivity index (χ0n) is 23.4. The van der Waals surface area contributed by atoms with Crippen molar-refractivity contribution in [3.05, 3.63) is 82.1 Å². The lowest BCUT2D eigenvalue weighted by Crippen LogP contribution is -2.36. The van der Waals surface area contributed by atoms with Crippen LogP contribution in [0.2, 0.25) is 0 Å². The Morgan fingerprint density at radius 2 is 2.05 bits per heavy atom. The molecule has 3 heterocycles. The van der Waals surface area contributed by atoms with E-state index in [4.69, 9.17) is 4.98 Å². The third-order valence-corrected chi connectivity index (χ3v) is 8.55. The first-order valence-electron chi connectivity index (χ1n) is 14.3. The standard InChI is InChI=1S/C32H36FN5O2/c1-19-9-10-24(33)15-22(19)14-20(2)34-26-7-4-8-29(39)30(26)31-35-27-16-23-18-38(13-12-37-11-5-6-21(37)3)32(40)25(23)17-28(27)36-31/h4,7,9-10,15-17,20-21,34H,5-6,8,11-14,18H2,1-3H3,(H,35,36)/t20-,21+/m0/s1. The van der Waals surface area contributed by atoms with Crippen LogP contribution in [-0.2, 0) is 17.8 Å². The quantitative estimate of drug-likeness (QED) is 0.424. The van der Waals surface area contributed by atoms with E-state index in [1.165, 1.54) is 18.9 Å². The number of carbonyl (C=O) groups is 2. The van der Waals surface area contributed by atoms with Crippen LogP contribution >= 0.6 is 0 Å². The van der Waals surface area contributed by atoms with Gasteiger partial charge in [0, 0.05) is 49.4 Å². The summed E-state index contributed by atoms with van der Waals surface area (Å²) in [5, 5.41) is 3.46. The highest BCUT2D eigenvalue weighted by Crippen LogP contribution is 2.30. The molecule has 1 fully saturated rings. The number of fused-ring (bicyclic) bond motifs is 2. The van der Waals surface area contributed by atoms with Gasteiger partial charge in [-0.1, -0.05) is 12.1 Å². The van der Waals surface area contributed by atoms with Gasteiger partial charge in [-0.05, 0) is 93.6 Å². The Kier molecular flexibility index (Phi) is 7.04. The van der Waals surface area contributed by atoms with E-state index in [0.717, 1.165) is 41.8 Å². The molecule has 3 aromatic rings. The number of benzene rings is 2. The normalized spacial score (nSPS) is 20.2. The molecule has 0 saturated carbocycles. The third kappa shape index (κ3) is 5.08. The molecule has 8 heteroatoms. The second-order valence-corrected chi connectivity index (χ2v) is 11.5. The van der Waals surface area contributed by atoms with Crippen LogP contribution in [0.4, 0.5) is 4.39 Å². The van der Waals surface area contributed by atoms with Gasteiger partial charge in [0.1, 0.15) is 11.6 Å². The predicted molar refractivity (Wildman–Crippen MR) is 154 cm³/mol. The van der Waals surface area contributed by atoms with Crippen molar-refractivity contribution in [1.82, 2.24) is 25.1 Å². The largest absolute Gasteiger partial charge is 0.382 e. The number of H-pyrrole nitrogens is 1. The Morgan fingerprint density at radius 1 is 1.20 bits per heavy atom. The highest BCUT2D eigenvalue weighted by Gasteiger charge is 2.30. The molecule has 1 amide bonds. The number of imidazole rings is 1. The Balaban J connectivity index is 1.22. The van der Waals surface area contributed by atoms with Crippen LogP contribution in [0, 0.1) is 12.7 Å². The van der Waals surface area contributed by atoms with E-state index in [0.29, 0.717) is 53.6 Å². The van der Waals surface area contributed by atoms with E-state index in [2.05, 4.69) is 22.1 Å². The van der Waals surface area contributed by atoms with E-state index in [1.54, 1.807) is 12.1 Å². The smallest absolute Gasteiger partial charge is 0.254 e. The van der Waals surface area contributed by atoms with Crippen molar-refractivity contribution in [2.24, 2.45) is 0 Å². The number of nitrogens with one attached hydrogen (secondary N) is 2. The minimum Gasteiger partial charge on any atom is -0.382 e. The van der Waals surface area contributed by atoms with Crippen LogP contribution in [0.5, 0.6) is 0 Å². The van der Waals surface area contributed by atoms with Gasteiger partial charge in [0.25, 0.3) is 5.91 Å². The zero-order valence-corrected chi connectivity index (χ0v) is 23.4. The van der Waals surface area contributed by atoms with Gasteiger partial charge in [0.2, 0.25) is 0 Å². The third-order valence-electron chi connectivity index (χ3n) is 8.55. The van der Waals surface area contributed by atoms with Crippen molar-refractivity contribution in [2.75, 3.05) is 19.6 Å². The molecule has 7 nitrogen and oxygen atoms in total. The Labute approximate surface area is 234 Å². The molecular formula is C32H36FN5O2. The lowest BCUT2D eigenvalue weighted by Gasteiger charge is -2.24. The van der Waals surface area contributed by atoms with Gasteiger partial charge in [-0.3, -0.25) is 14.5 Å². The Bertz CT molecular complexity index is 1550. The van der Waals surface area contributed by atoms with Gasteiger partial charge in [-0.15, -0.1) is 0 Å². The lowest BCUT2D eigenvalue weighted by atomic mass is 9.98. The van der Waals surface area contributed by atoms with Crippen LogP contribution < -0.4 is 5.32 Å². The summed E-state index contributed by atoms with van der Waals surface area (Å²) in [5.74, 6) is 0.270. The maximum absolute atomic E-state index is 13.8. The fraction of sp³-hybridized carbons (Fsp3) is 0.406. The van der Waals surface area contributed by atoms with E-state index < -0.39 is 0 Å². The molecule has 0 spiro atoms. The number of aryl methyl sites for hydroxylation is 1. The number of rotatable bonds is 8. The number of aromatic nitrogens is 2. The number of nitrogens with zero attached hydrogens (tertiary/aromatic N) is 3. The molecule has 1 aliphatic carbocycles. The van der Waals surface area contributed by atoms with E-state index in [9.17, 15) is 14.0 Å². The SMILES string of the molecule is Cc1ccc(F)cc1C[C@H](C)NC1=C(c2nc3cc4c(cc3[nH]2)CN(CCN2CCC[C@H]2C)C4=O)C(=O)CC=C1. The van der Waals surface area contributed by atoms with Crippen LogP contribution in [-0.4, -0.2) is 63.2 Å². The molecule has 40 heavy (non-hydrogen) atoms. The minimum atomic E-state index is -0.252. The number of hydrogen-bond donors (Lipinski definition) is 2. The topological polar surface area (TPSA) is 81.3 Å². The maximum atomic E-state index is 13.8. The van der Waals surface area contributed by atoms with Gasteiger partial charge in [-0.2, -0.15) is 0 Å². The molecule has 208 valence electrons. The van der Waals surface area contributed by atoms with Crippen molar-refractivity contribution in [2.45, 2.75) is 65.1 Å². The first-order chi connectivity index (χ1) is 19.3. The van der Waals surface area contributed by atoms with Gasteiger partial charge in [0.15, 0.2) is 5.78 Å². The van der Waals surface area contributed by atoms with E-state index >= 15 is 0 Å². The summed E-state index contributed by atoms with van der Waals surface area (Å²) >= 11 is 0. The summed E-state index contributed by atoms with van der Waals surface area (Å²) in [6.45, 7) is 9.57. The molecule has 0 unspecified atom stereocenters. The van der Waals surface area contributed by atoms with Crippen LogP contribution in [0.15, 0.2) is 48.2 Å². The fourth-order valence-corrected chi connectivity index (χ4v) is 6.26. The number of allylic oxidation sites excluding steroid dienone is 3. The number of hydrogen-bond acceptors (Lipinski definition) is 5.